The number of rotatable bonds is 4. The average molecular weight is 298 g/mol. The summed E-state index contributed by atoms with van der Waals surface area (Å²) >= 11 is 3.41. The highest BCUT2D eigenvalue weighted by Crippen LogP contribution is 2.17. The number of hydrogen-bond acceptors (Lipinski definition) is 2. The molecule has 0 saturated heterocycles. The van der Waals surface area contributed by atoms with E-state index in [1.165, 1.54) is 6.92 Å². The van der Waals surface area contributed by atoms with Crippen LogP contribution in [0.1, 0.15) is 24.5 Å². The van der Waals surface area contributed by atoms with Crippen molar-refractivity contribution in [2.24, 2.45) is 0 Å². The molecule has 0 fully saturated rings. The van der Waals surface area contributed by atoms with E-state index in [1.807, 2.05) is 25.1 Å². The first-order valence-corrected chi connectivity index (χ1v) is 6.18. The number of carbonyl (C=O) groups is 2. The molecule has 0 aliphatic rings. The monoisotopic (exact) mass is 297 g/mol. The molecule has 0 radical (unpaired) electrons. The smallest absolute Gasteiger partial charge is 0.230 e. The molecule has 3 nitrogen and oxygen atoms in total. The van der Waals surface area contributed by atoms with Gasteiger partial charge in [0.05, 0.1) is 6.42 Å². The molecule has 1 amide bonds. The van der Waals surface area contributed by atoms with Crippen molar-refractivity contribution in [1.82, 2.24) is 4.90 Å². The fraction of sp³-hybridized carbons (Fsp3) is 0.385. The fourth-order valence-corrected chi connectivity index (χ4v) is 1.91. The summed E-state index contributed by atoms with van der Waals surface area (Å²) in [5.74, 6) is -0.246. The van der Waals surface area contributed by atoms with Gasteiger partial charge >= 0.3 is 0 Å². The Morgan fingerprint density at radius 1 is 1.35 bits per heavy atom. The van der Waals surface area contributed by atoms with Gasteiger partial charge in [0.1, 0.15) is 5.78 Å². The number of amides is 1. The zero-order valence-electron chi connectivity index (χ0n) is 10.3. The molecule has 0 aromatic heterocycles. The van der Waals surface area contributed by atoms with Crippen LogP contribution in [-0.4, -0.2) is 23.6 Å². The van der Waals surface area contributed by atoms with Gasteiger partial charge in [0, 0.05) is 18.1 Å². The molecule has 0 heterocycles. The number of benzene rings is 1. The Kier molecular flexibility index (Phi) is 4.87. The first-order valence-electron chi connectivity index (χ1n) is 5.38. The molecule has 1 rings (SSSR count). The minimum Gasteiger partial charge on any atom is -0.341 e. The molecule has 92 valence electrons. The van der Waals surface area contributed by atoms with E-state index in [2.05, 4.69) is 15.9 Å². The normalized spacial score (nSPS) is 10.1. The lowest BCUT2D eigenvalue weighted by Crippen LogP contribution is -2.27. The van der Waals surface area contributed by atoms with Crippen LogP contribution in [0.25, 0.3) is 0 Å². The van der Waals surface area contributed by atoms with Crippen molar-refractivity contribution >= 4 is 27.6 Å². The van der Waals surface area contributed by atoms with Gasteiger partial charge in [-0.2, -0.15) is 0 Å². The van der Waals surface area contributed by atoms with Crippen LogP contribution < -0.4 is 0 Å². The van der Waals surface area contributed by atoms with Crippen LogP contribution in [0.4, 0.5) is 0 Å². The molecule has 0 spiro atoms. The molecule has 0 aliphatic heterocycles. The molecular weight excluding hydrogens is 282 g/mol. The second kappa shape index (κ2) is 5.96. The number of aryl methyl sites for hydroxylation is 1. The van der Waals surface area contributed by atoms with Crippen molar-refractivity contribution in [3.05, 3.63) is 33.8 Å². The Hall–Kier alpha value is -1.16. The van der Waals surface area contributed by atoms with Crippen LogP contribution in [0.3, 0.4) is 0 Å². The molecule has 0 saturated carbocycles. The lowest BCUT2D eigenvalue weighted by Gasteiger charge is -2.18. The van der Waals surface area contributed by atoms with Gasteiger partial charge < -0.3 is 4.90 Å². The van der Waals surface area contributed by atoms with Crippen molar-refractivity contribution in [2.75, 3.05) is 7.05 Å². The summed E-state index contributed by atoms with van der Waals surface area (Å²) in [6, 6.07) is 5.96. The van der Waals surface area contributed by atoms with Crippen LogP contribution in [0.15, 0.2) is 22.7 Å². The van der Waals surface area contributed by atoms with Crippen LogP contribution in [0, 0.1) is 6.92 Å². The van der Waals surface area contributed by atoms with E-state index in [1.54, 1.807) is 11.9 Å². The number of halogens is 1. The molecule has 4 heteroatoms. The van der Waals surface area contributed by atoms with Crippen LogP contribution in [0.5, 0.6) is 0 Å². The van der Waals surface area contributed by atoms with Gasteiger partial charge in [-0.05, 0) is 37.1 Å². The predicted octanol–water partition coefficient (Wildman–Crippen LogP) is 2.70. The van der Waals surface area contributed by atoms with E-state index >= 15 is 0 Å². The van der Waals surface area contributed by atoms with E-state index in [0.717, 1.165) is 15.6 Å². The summed E-state index contributed by atoms with van der Waals surface area (Å²) < 4.78 is 0.991. The Balaban J connectivity index is 2.73. The van der Waals surface area contributed by atoms with Crippen LogP contribution in [0.2, 0.25) is 0 Å². The lowest BCUT2D eigenvalue weighted by molar-refractivity contribution is -0.134. The largest absolute Gasteiger partial charge is 0.341 e. The Labute approximate surface area is 110 Å². The quantitative estimate of drug-likeness (QED) is 0.801. The van der Waals surface area contributed by atoms with Gasteiger partial charge in [-0.3, -0.25) is 9.59 Å². The summed E-state index contributed by atoms with van der Waals surface area (Å²) in [5.41, 5.74) is 2.22. The maximum absolute atomic E-state index is 11.6. The van der Waals surface area contributed by atoms with Crippen LogP contribution in [-0.2, 0) is 16.1 Å². The second-order valence-electron chi connectivity index (χ2n) is 4.20. The maximum atomic E-state index is 11.6. The van der Waals surface area contributed by atoms with E-state index in [0.29, 0.717) is 6.54 Å². The molecule has 17 heavy (non-hydrogen) atoms. The SMILES string of the molecule is CC(=O)CC(=O)N(C)Cc1cc(Br)ccc1C. The summed E-state index contributed by atoms with van der Waals surface area (Å²) in [4.78, 5) is 24.1. The van der Waals surface area contributed by atoms with Crippen LogP contribution >= 0.6 is 15.9 Å². The minimum atomic E-state index is -0.142. The third kappa shape index (κ3) is 4.30. The summed E-state index contributed by atoms with van der Waals surface area (Å²) in [6.07, 6.45) is -0.0243. The third-order valence-electron chi connectivity index (χ3n) is 2.54. The molecule has 1 aromatic rings. The van der Waals surface area contributed by atoms with Gasteiger partial charge in [0.25, 0.3) is 0 Å². The molecular formula is C13H16BrNO2. The highest BCUT2D eigenvalue weighted by Gasteiger charge is 2.12. The number of Topliss-reactive ketones (excluding diaryl/α,β-unsaturated/α-hetero) is 1. The Morgan fingerprint density at radius 3 is 2.59 bits per heavy atom. The van der Waals surface area contributed by atoms with Gasteiger partial charge in [0.2, 0.25) is 5.91 Å². The summed E-state index contributed by atoms with van der Waals surface area (Å²) in [6.45, 7) is 3.96. The summed E-state index contributed by atoms with van der Waals surface area (Å²) in [7, 11) is 1.71. The molecule has 0 N–H and O–H groups in total. The first-order chi connectivity index (χ1) is 7.90. The van der Waals surface area contributed by atoms with Crippen molar-refractivity contribution in [2.45, 2.75) is 26.8 Å². The van der Waals surface area contributed by atoms with Gasteiger partial charge in [-0.25, -0.2) is 0 Å². The number of nitrogens with zero attached hydrogens (tertiary/aromatic N) is 1. The highest BCUT2D eigenvalue weighted by molar-refractivity contribution is 9.10. The van der Waals surface area contributed by atoms with E-state index in [4.69, 9.17) is 0 Å². The highest BCUT2D eigenvalue weighted by atomic mass is 79.9. The summed E-state index contributed by atoms with van der Waals surface area (Å²) in [5, 5.41) is 0. The molecule has 0 unspecified atom stereocenters. The number of hydrogen-bond donors (Lipinski definition) is 0. The van der Waals surface area contributed by atoms with Gasteiger partial charge in [-0.1, -0.05) is 22.0 Å². The fourth-order valence-electron chi connectivity index (χ4n) is 1.50. The third-order valence-corrected chi connectivity index (χ3v) is 3.04. The minimum absolute atomic E-state index is 0.0243. The maximum Gasteiger partial charge on any atom is 0.230 e. The zero-order chi connectivity index (χ0) is 13.0. The van der Waals surface area contributed by atoms with Gasteiger partial charge in [0.15, 0.2) is 0 Å². The van der Waals surface area contributed by atoms with Crippen molar-refractivity contribution < 1.29 is 9.59 Å². The Bertz CT molecular complexity index is 443. The topological polar surface area (TPSA) is 37.4 Å². The zero-order valence-corrected chi connectivity index (χ0v) is 11.9. The molecule has 1 aromatic carbocycles. The average Bonchev–Trinajstić information content (AvgIpc) is 2.22. The van der Waals surface area contributed by atoms with E-state index in [-0.39, 0.29) is 18.1 Å². The molecule has 0 bridgehead atoms. The van der Waals surface area contributed by atoms with Crippen molar-refractivity contribution in [3.63, 3.8) is 0 Å². The predicted molar refractivity (Wildman–Crippen MR) is 70.7 cm³/mol. The standard InChI is InChI=1S/C13H16BrNO2/c1-9-4-5-12(14)7-11(9)8-15(3)13(17)6-10(2)16/h4-5,7H,6,8H2,1-3H3. The first kappa shape index (κ1) is 13.9. The molecule has 0 atom stereocenters. The lowest BCUT2D eigenvalue weighted by atomic mass is 10.1. The second-order valence-corrected chi connectivity index (χ2v) is 5.12. The van der Waals surface area contributed by atoms with Gasteiger partial charge in [-0.15, -0.1) is 0 Å². The molecule has 0 aliphatic carbocycles. The van der Waals surface area contributed by atoms with E-state index in [9.17, 15) is 9.59 Å². The van der Waals surface area contributed by atoms with Crippen molar-refractivity contribution in [3.8, 4) is 0 Å². The van der Waals surface area contributed by atoms with E-state index < -0.39 is 0 Å². The van der Waals surface area contributed by atoms with Crippen molar-refractivity contribution in [1.29, 1.82) is 0 Å². The number of carbonyl (C=O) groups excluding carboxylic acids is 2. The Morgan fingerprint density at radius 2 is 2.00 bits per heavy atom. The number of ketones is 1.